The predicted octanol–water partition coefficient (Wildman–Crippen LogP) is 3.37. The van der Waals surface area contributed by atoms with E-state index in [2.05, 4.69) is 10.6 Å². The normalized spacial score (nSPS) is 16.2. The molecule has 0 bridgehead atoms. The highest BCUT2D eigenvalue weighted by atomic mass is 32.1. The van der Waals surface area contributed by atoms with Gasteiger partial charge in [-0.2, -0.15) is 0 Å². The molecule has 1 aromatic carbocycles. The van der Waals surface area contributed by atoms with Crippen molar-refractivity contribution in [1.82, 2.24) is 10.2 Å². The van der Waals surface area contributed by atoms with Crippen LogP contribution >= 0.6 is 11.3 Å². The topological polar surface area (TPSA) is 79.9 Å². The van der Waals surface area contributed by atoms with Gasteiger partial charge in [0.2, 0.25) is 5.91 Å². The molecule has 0 aliphatic carbocycles. The van der Waals surface area contributed by atoms with Crippen LogP contribution in [0, 0.1) is 5.92 Å². The van der Waals surface area contributed by atoms with E-state index in [1.165, 1.54) is 11.3 Å². The lowest BCUT2D eigenvalue weighted by Gasteiger charge is -2.31. The molecule has 0 saturated carbocycles. The molecule has 3 rings (SSSR count). The lowest BCUT2D eigenvalue weighted by Crippen LogP contribution is -2.47. The van der Waals surface area contributed by atoms with Gasteiger partial charge in [0.1, 0.15) is 0 Å². The number of hydrogen-bond acceptors (Lipinski definition) is 5. The molecule has 2 heterocycles. The number of piperidine rings is 1. The SMILES string of the molecule is COc1ccc(CCNC(=O)C2CCCN(C(=O)Nc3cccs3)C2)cc1OC. The van der Waals surface area contributed by atoms with E-state index >= 15 is 0 Å². The highest BCUT2D eigenvalue weighted by Crippen LogP contribution is 2.27. The zero-order chi connectivity index (χ0) is 20.6. The third-order valence-corrected chi connectivity index (χ3v) is 5.78. The van der Waals surface area contributed by atoms with E-state index in [-0.39, 0.29) is 17.9 Å². The highest BCUT2D eigenvalue weighted by molar-refractivity contribution is 7.14. The molecule has 1 unspecified atom stereocenters. The Kier molecular flexibility index (Phi) is 7.35. The van der Waals surface area contributed by atoms with Gasteiger partial charge in [0.05, 0.1) is 25.1 Å². The van der Waals surface area contributed by atoms with Gasteiger partial charge in [0.15, 0.2) is 11.5 Å². The van der Waals surface area contributed by atoms with Crippen molar-refractivity contribution in [2.24, 2.45) is 5.92 Å². The van der Waals surface area contributed by atoms with E-state index in [0.29, 0.717) is 37.6 Å². The van der Waals surface area contributed by atoms with Gasteiger partial charge in [-0.15, -0.1) is 11.3 Å². The molecule has 1 fully saturated rings. The van der Waals surface area contributed by atoms with E-state index < -0.39 is 0 Å². The minimum absolute atomic E-state index is 0.000833. The van der Waals surface area contributed by atoms with E-state index in [1.807, 2.05) is 35.7 Å². The van der Waals surface area contributed by atoms with Gasteiger partial charge in [-0.1, -0.05) is 6.07 Å². The largest absolute Gasteiger partial charge is 0.493 e. The fourth-order valence-electron chi connectivity index (χ4n) is 3.42. The molecule has 1 aromatic heterocycles. The van der Waals surface area contributed by atoms with Crippen LogP contribution in [0.5, 0.6) is 11.5 Å². The van der Waals surface area contributed by atoms with E-state index in [9.17, 15) is 9.59 Å². The van der Waals surface area contributed by atoms with Gasteiger partial charge in [0.25, 0.3) is 0 Å². The number of nitrogens with zero attached hydrogens (tertiary/aromatic N) is 1. The Morgan fingerprint density at radius 1 is 1.21 bits per heavy atom. The molecule has 156 valence electrons. The van der Waals surface area contributed by atoms with Gasteiger partial charge >= 0.3 is 6.03 Å². The van der Waals surface area contributed by atoms with Crippen molar-refractivity contribution in [2.45, 2.75) is 19.3 Å². The van der Waals surface area contributed by atoms with Crippen molar-refractivity contribution in [3.8, 4) is 11.5 Å². The quantitative estimate of drug-likeness (QED) is 0.724. The van der Waals surface area contributed by atoms with Crippen LogP contribution in [0.4, 0.5) is 9.80 Å². The Morgan fingerprint density at radius 2 is 2.03 bits per heavy atom. The summed E-state index contributed by atoms with van der Waals surface area (Å²) in [5.41, 5.74) is 1.06. The van der Waals surface area contributed by atoms with Crippen LogP contribution < -0.4 is 20.1 Å². The Labute approximate surface area is 175 Å². The summed E-state index contributed by atoms with van der Waals surface area (Å²) in [4.78, 5) is 26.7. The maximum absolute atomic E-state index is 12.6. The number of ether oxygens (including phenoxy) is 2. The second kappa shape index (κ2) is 10.2. The first-order chi connectivity index (χ1) is 14.1. The number of carbonyl (C=O) groups excluding carboxylic acids is 2. The van der Waals surface area contributed by atoms with Crippen LogP contribution in [0.1, 0.15) is 18.4 Å². The maximum Gasteiger partial charge on any atom is 0.322 e. The van der Waals surface area contributed by atoms with E-state index in [1.54, 1.807) is 19.1 Å². The minimum Gasteiger partial charge on any atom is -0.493 e. The van der Waals surface area contributed by atoms with E-state index in [0.717, 1.165) is 23.4 Å². The Morgan fingerprint density at radius 3 is 2.76 bits per heavy atom. The summed E-state index contributed by atoms with van der Waals surface area (Å²) in [6, 6.07) is 9.36. The fraction of sp³-hybridized carbons (Fsp3) is 0.429. The van der Waals surface area contributed by atoms with Crippen LogP contribution in [0.3, 0.4) is 0 Å². The standard InChI is InChI=1S/C21H27N3O4S/c1-27-17-8-7-15(13-18(17)28-2)9-10-22-20(25)16-5-3-11-24(14-16)21(26)23-19-6-4-12-29-19/h4,6-8,12-13,16H,3,5,9-11,14H2,1-2H3,(H,22,25)(H,23,26). The summed E-state index contributed by atoms with van der Waals surface area (Å²) >= 11 is 1.48. The number of anilines is 1. The highest BCUT2D eigenvalue weighted by Gasteiger charge is 2.28. The first kappa shape index (κ1) is 21.0. The van der Waals surface area contributed by atoms with Gasteiger partial charge in [-0.25, -0.2) is 4.79 Å². The average Bonchev–Trinajstić information content (AvgIpc) is 3.26. The van der Waals surface area contributed by atoms with Crippen molar-refractivity contribution in [2.75, 3.05) is 39.2 Å². The van der Waals surface area contributed by atoms with Gasteiger partial charge in [-0.05, 0) is 54.5 Å². The molecule has 29 heavy (non-hydrogen) atoms. The van der Waals surface area contributed by atoms with Crippen LogP contribution in [0.2, 0.25) is 0 Å². The lowest BCUT2D eigenvalue weighted by atomic mass is 9.97. The van der Waals surface area contributed by atoms with Crippen molar-refractivity contribution < 1.29 is 19.1 Å². The molecule has 2 N–H and O–H groups in total. The van der Waals surface area contributed by atoms with Crippen molar-refractivity contribution in [1.29, 1.82) is 0 Å². The monoisotopic (exact) mass is 417 g/mol. The number of methoxy groups -OCH3 is 2. The molecule has 0 spiro atoms. The number of nitrogens with one attached hydrogen (secondary N) is 2. The number of hydrogen-bond donors (Lipinski definition) is 2. The number of urea groups is 1. The van der Waals surface area contributed by atoms with Crippen LogP contribution in [0.15, 0.2) is 35.7 Å². The van der Waals surface area contributed by atoms with Crippen LogP contribution in [0.25, 0.3) is 0 Å². The Balaban J connectivity index is 1.47. The summed E-state index contributed by atoms with van der Waals surface area (Å²) in [5, 5.41) is 8.63. The third kappa shape index (κ3) is 5.63. The molecule has 1 atom stereocenters. The summed E-state index contributed by atoms with van der Waals surface area (Å²) in [5.74, 6) is 1.18. The van der Waals surface area contributed by atoms with Crippen LogP contribution in [-0.2, 0) is 11.2 Å². The molecule has 0 radical (unpaired) electrons. The van der Waals surface area contributed by atoms with Crippen molar-refractivity contribution in [3.63, 3.8) is 0 Å². The summed E-state index contributed by atoms with van der Waals surface area (Å²) in [7, 11) is 3.21. The molecular formula is C21H27N3O4S. The molecular weight excluding hydrogens is 390 g/mol. The summed E-state index contributed by atoms with van der Waals surface area (Å²) in [6.45, 7) is 1.65. The molecule has 7 nitrogen and oxygen atoms in total. The minimum atomic E-state index is -0.178. The van der Waals surface area contributed by atoms with Gasteiger partial charge in [-0.3, -0.25) is 10.1 Å². The average molecular weight is 418 g/mol. The summed E-state index contributed by atoms with van der Waals surface area (Å²) in [6.07, 6.45) is 2.32. The molecule has 1 saturated heterocycles. The Hall–Kier alpha value is -2.74. The fourth-order valence-corrected chi connectivity index (χ4v) is 4.03. The zero-order valence-electron chi connectivity index (χ0n) is 16.8. The lowest BCUT2D eigenvalue weighted by molar-refractivity contribution is -0.126. The number of amides is 3. The molecule has 2 aromatic rings. The molecule has 3 amide bonds. The second-order valence-electron chi connectivity index (χ2n) is 6.92. The summed E-state index contributed by atoms with van der Waals surface area (Å²) < 4.78 is 10.6. The molecule has 1 aliphatic rings. The number of rotatable bonds is 7. The predicted molar refractivity (Wildman–Crippen MR) is 114 cm³/mol. The second-order valence-corrected chi connectivity index (χ2v) is 7.87. The van der Waals surface area contributed by atoms with E-state index in [4.69, 9.17) is 9.47 Å². The van der Waals surface area contributed by atoms with Crippen molar-refractivity contribution in [3.05, 3.63) is 41.3 Å². The third-order valence-electron chi connectivity index (χ3n) is 4.99. The molecule has 8 heteroatoms. The van der Waals surface area contributed by atoms with Crippen molar-refractivity contribution >= 4 is 28.3 Å². The first-order valence-corrected chi connectivity index (χ1v) is 10.6. The van der Waals surface area contributed by atoms with Crippen LogP contribution in [-0.4, -0.2) is 50.7 Å². The number of carbonyl (C=O) groups is 2. The number of likely N-dealkylation sites (tertiary alicyclic amines) is 1. The first-order valence-electron chi connectivity index (χ1n) is 9.68. The molecule has 1 aliphatic heterocycles. The zero-order valence-corrected chi connectivity index (χ0v) is 17.6. The Bertz CT molecular complexity index is 825. The number of benzene rings is 1. The number of thiophene rings is 1. The van der Waals surface area contributed by atoms with Gasteiger partial charge < -0.3 is 19.7 Å². The maximum atomic E-state index is 12.6. The smallest absolute Gasteiger partial charge is 0.322 e. The van der Waals surface area contributed by atoms with Gasteiger partial charge in [0, 0.05) is 19.6 Å².